The van der Waals surface area contributed by atoms with Crippen molar-refractivity contribution >= 4 is 65.5 Å². The molecule has 0 unspecified atom stereocenters. The third kappa shape index (κ3) is 3.85. The van der Waals surface area contributed by atoms with Crippen LogP contribution in [0.15, 0.2) is 52.2 Å². The van der Waals surface area contributed by atoms with Crippen molar-refractivity contribution in [3.63, 3.8) is 0 Å². The monoisotopic (exact) mass is 468 g/mol. The van der Waals surface area contributed by atoms with Gasteiger partial charge in [0, 0.05) is 15.8 Å². The summed E-state index contributed by atoms with van der Waals surface area (Å²) in [5, 5.41) is 7.72. The Labute approximate surface area is 188 Å². The molecule has 4 heterocycles. The average Bonchev–Trinajstić information content (AvgIpc) is 3.48. The lowest BCUT2D eigenvalue weighted by Crippen LogP contribution is -2.27. The summed E-state index contributed by atoms with van der Waals surface area (Å²) in [5.41, 5.74) is 1.41. The molecule has 5 rings (SSSR count). The van der Waals surface area contributed by atoms with Gasteiger partial charge in [0.1, 0.15) is 17.1 Å². The van der Waals surface area contributed by atoms with Gasteiger partial charge in [0.15, 0.2) is 5.13 Å². The second-order valence-corrected chi connectivity index (χ2v) is 9.45. The maximum Gasteiger partial charge on any atom is 0.263 e. The Balaban J connectivity index is 1.39. The largest absolute Gasteiger partial charge is 0.494 e. The normalized spacial score (nSPS) is 11.3. The van der Waals surface area contributed by atoms with Crippen molar-refractivity contribution in [2.24, 2.45) is 0 Å². The number of thiazole rings is 1. The van der Waals surface area contributed by atoms with Crippen molar-refractivity contribution in [1.29, 1.82) is 0 Å². The number of rotatable bonds is 6. The van der Waals surface area contributed by atoms with Gasteiger partial charge >= 0.3 is 0 Å². The summed E-state index contributed by atoms with van der Waals surface area (Å²) in [5.74, 6) is 0.431. The highest BCUT2D eigenvalue weighted by molar-refractivity contribution is 7.22. The summed E-state index contributed by atoms with van der Waals surface area (Å²) in [7, 11) is 0. The van der Waals surface area contributed by atoms with E-state index in [4.69, 9.17) is 4.74 Å². The van der Waals surface area contributed by atoms with Crippen molar-refractivity contribution in [3.05, 3.63) is 57.8 Å². The Bertz CT molecular complexity index is 1450. The van der Waals surface area contributed by atoms with Crippen LogP contribution in [-0.4, -0.2) is 27.0 Å². The van der Waals surface area contributed by atoms with Crippen molar-refractivity contribution in [1.82, 2.24) is 14.5 Å². The minimum absolute atomic E-state index is 0.137. The van der Waals surface area contributed by atoms with Gasteiger partial charge in [0.05, 0.1) is 28.5 Å². The molecule has 0 fully saturated rings. The number of anilines is 1. The number of aromatic nitrogens is 3. The molecule has 0 radical (unpaired) electrons. The lowest BCUT2D eigenvalue weighted by molar-refractivity contribution is -0.116. The van der Waals surface area contributed by atoms with Crippen LogP contribution in [0.25, 0.3) is 30.9 Å². The first-order valence-corrected chi connectivity index (χ1v) is 12.0. The van der Waals surface area contributed by atoms with Crippen molar-refractivity contribution < 1.29 is 9.53 Å². The fourth-order valence-corrected chi connectivity index (χ4v) is 5.85. The standard InChI is InChI=1S/C21H16N4O3S3/c1-2-28-12-5-6-14-16(8-12)31-21(23-14)24-17(26)9-25-11-22-19-18(20(25)27)13(10-30-19)15-4-3-7-29-15/h3-8,10-11H,2,9H2,1H3,(H,23,24,26). The van der Waals surface area contributed by atoms with Crippen molar-refractivity contribution in [3.8, 4) is 16.2 Å². The second-order valence-electron chi connectivity index (χ2n) is 6.61. The molecule has 5 aromatic rings. The van der Waals surface area contributed by atoms with E-state index in [2.05, 4.69) is 15.3 Å². The van der Waals surface area contributed by atoms with Crippen LogP contribution >= 0.6 is 34.0 Å². The zero-order valence-electron chi connectivity index (χ0n) is 16.3. The molecule has 0 spiro atoms. The first-order valence-electron chi connectivity index (χ1n) is 9.46. The molecule has 31 heavy (non-hydrogen) atoms. The first kappa shape index (κ1) is 19.9. The summed E-state index contributed by atoms with van der Waals surface area (Å²) in [6.45, 7) is 2.37. The SMILES string of the molecule is CCOc1ccc2nc(NC(=O)Cn3cnc4scc(-c5cccs5)c4c3=O)sc2c1. The van der Waals surface area contributed by atoms with Gasteiger partial charge < -0.3 is 10.1 Å². The molecule has 156 valence electrons. The molecule has 0 saturated heterocycles. The number of fused-ring (bicyclic) bond motifs is 2. The fraction of sp³-hybridized carbons (Fsp3) is 0.143. The van der Waals surface area contributed by atoms with Crippen molar-refractivity contribution in [2.75, 3.05) is 11.9 Å². The highest BCUT2D eigenvalue weighted by Crippen LogP contribution is 2.33. The average molecular weight is 469 g/mol. The molecule has 4 aromatic heterocycles. The van der Waals surface area contributed by atoms with E-state index in [1.807, 2.05) is 48.0 Å². The summed E-state index contributed by atoms with van der Waals surface area (Å²) >= 11 is 4.36. The smallest absolute Gasteiger partial charge is 0.263 e. The van der Waals surface area contributed by atoms with Gasteiger partial charge in [-0.2, -0.15) is 0 Å². The molecule has 1 amide bonds. The fourth-order valence-electron chi connectivity index (χ4n) is 3.22. The number of hydrogen-bond acceptors (Lipinski definition) is 8. The number of carbonyl (C=O) groups is 1. The minimum Gasteiger partial charge on any atom is -0.494 e. The number of carbonyl (C=O) groups excluding carboxylic acids is 1. The van der Waals surface area contributed by atoms with Crippen LogP contribution in [-0.2, 0) is 11.3 Å². The summed E-state index contributed by atoms with van der Waals surface area (Å²) in [6.07, 6.45) is 1.42. The van der Waals surface area contributed by atoms with Crippen LogP contribution in [0.1, 0.15) is 6.92 Å². The molecule has 1 N–H and O–H groups in total. The Morgan fingerprint density at radius 1 is 1.26 bits per heavy atom. The minimum atomic E-state index is -0.333. The van der Waals surface area contributed by atoms with E-state index >= 15 is 0 Å². The van der Waals surface area contributed by atoms with Crippen LogP contribution < -0.4 is 15.6 Å². The highest BCUT2D eigenvalue weighted by atomic mass is 32.1. The van der Waals surface area contributed by atoms with Crippen LogP contribution in [0.4, 0.5) is 5.13 Å². The number of thiophene rings is 2. The van der Waals surface area contributed by atoms with E-state index in [1.54, 1.807) is 11.3 Å². The van der Waals surface area contributed by atoms with E-state index in [0.717, 1.165) is 26.4 Å². The summed E-state index contributed by atoms with van der Waals surface area (Å²) in [4.78, 5) is 36.2. The molecule has 7 nitrogen and oxygen atoms in total. The third-order valence-electron chi connectivity index (χ3n) is 4.58. The van der Waals surface area contributed by atoms with Crippen LogP contribution in [0, 0.1) is 0 Å². The third-order valence-corrected chi connectivity index (χ3v) is 7.30. The van der Waals surface area contributed by atoms with Gasteiger partial charge in [-0.1, -0.05) is 17.4 Å². The van der Waals surface area contributed by atoms with Crippen molar-refractivity contribution in [2.45, 2.75) is 13.5 Å². The number of nitrogens with one attached hydrogen (secondary N) is 1. The lowest BCUT2D eigenvalue weighted by Gasteiger charge is -2.05. The van der Waals surface area contributed by atoms with E-state index < -0.39 is 0 Å². The van der Waals surface area contributed by atoms with Gasteiger partial charge in [0.25, 0.3) is 5.56 Å². The molecule has 10 heteroatoms. The topological polar surface area (TPSA) is 86.1 Å². The molecular formula is C21H16N4O3S3. The number of amides is 1. The zero-order valence-corrected chi connectivity index (χ0v) is 18.8. The quantitative estimate of drug-likeness (QED) is 0.386. The van der Waals surface area contributed by atoms with E-state index in [0.29, 0.717) is 22.0 Å². The Morgan fingerprint density at radius 2 is 2.16 bits per heavy atom. The van der Waals surface area contributed by atoms with E-state index in [1.165, 1.54) is 33.6 Å². The molecule has 0 aliphatic rings. The Morgan fingerprint density at radius 3 is 2.97 bits per heavy atom. The maximum atomic E-state index is 13.1. The maximum absolute atomic E-state index is 13.1. The zero-order chi connectivity index (χ0) is 21.4. The molecule has 0 aliphatic heterocycles. The number of nitrogens with zero attached hydrogens (tertiary/aromatic N) is 3. The molecule has 0 bridgehead atoms. The predicted octanol–water partition coefficient (Wildman–Crippen LogP) is 4.83. The number of hydrogen-bond donors (Lipinski definition) is 1. The van der Waals surface area contributed by atoms with E-state index in [9.17, 15) is 9.59 Å². The van der Waals surface area contributed by atoms with E-state index in [-0.39, 0.29) is 18.0 Å². The van der Waals surface area contributed by atoms with Crippen LogP contribution in [0.2, 0.25) is 0 Å². The lowest BCUT2D eigenvalue weighted by atomic mass is 10.2. The first-order chi connectivity index (χ1) is 15.1. The van der Waals surface area contributed by atoms with Gasteiger partial charge in [-0.25, -0.2) is 9.97 Å². The molecule has 0 saturated carbocycles. The molecular weight excluding hydrogens is 452 g/mol. The number of benzene rings is 1. The molecule has 0 atom stereocenters. The number of ether oxygens (including phenoxy) is 1. The highest BCUT2D eigenvalue weighted by Gasteiger charge is 2.16. The van der Waals surface area contributed by atoms with Crippen LogP contribution in [0.3, 0.4) is 0 Å². The predicted molar refractivity (Wildman–Crippen MR) is 127 cm³/mol. The second kappa shape index (κ2) is 8.22. The van der Waals surface area contributed by atoms with Gasteiger partial charge in [-0.05, 0) is 36.6 Å². The Hall–Kier alpha value is -3.08. The van der Waals surface area contributed by atoms with Gasteiger partial charge in [-0.15, -0.1) is 22.7 Å². The molecule has 0 aliphatic carbocycles. The van der Waals surface area contributed by atoms with Crippen LogP contribution in [0.5, 0.6) is 5.75 Å². The summed E-state index contributed by atoms with van der Waals surface area (Å²) in [6, 6.07) is 9.53. The molecule has 1 aromatic carbocycles. The summed E-state index contributed by atoms with van der Waals surface area (Å²) < 4.78 is 7.76. The van der Waals surface area contributed by atoms with Gasteiger partial charge in [0.2, 0.25) is 5.91 Å². The van der Waals surface area contributed by atoms with Gasteiger partial charge in [-0.3, -0.25) is 14.2 Å². The Kier molecular flexibility index (Phi) is 5.26.